The fourth-order valence-corrected chi connectivity index (χ4v) is 15.1. The van der Waals surface area contributed by atoms with E-state index in [1.165, 1.54) is 24.4 Å². The van der Waals surface area contributed by atoms with E-state index >= 15 is 8.78 Å². The van der Waals surface area contributed by atoms with Crippen molar-refractivity contribution < 1.29 is 36.9 Å². The van der Waals surface area contributed by atoms with Gasteiger partial charge in [-0.15, -0.1) is 5.54 Å². The molecule has 0 saturated carbocycles. The average molecular weight is 905 g/mol. The second-order valence-corrected chi connectivity index (χ2v) is 25.4. The van der Waals surface area contributed by atoms with Gasteiger partial charge in [0, 0.05) is 49.3 Å². The Hall–Kier alpha value is -4.65. The Morgan fingerprint density at radius 2 is 1.69 bits per heavy atom. The summed E-state index contributed by atoms with van der Waals surface area (Å²) in [4.78, 5) is 30.3. The van der Waals surface area contributed by atoms with Gasteiger partial charge in [-0.3, -0.25) is 14.4 Å². The Kier molecular flexibility index (Phi) is 15.1. The number of halogens is 3. The molecule has 348 valence electrons. The normalized spacial score (nSPS) is 19.1. The third-order valence-electron chi connectivity index (χ3n) is 13.1. The van der Waals surface area contributed by atoms with E-state index in [0.717, 1.165) is 13.0 Å². The van der Waals surface area contributed by atoms with Crippen LogP contribution in [0.2, 0.25) is 16.6 Å². The number of carbonyl (C=O) groups is 1. The van der Waals surface area contributed by atoms with E-state index < -0.39 is 43.5 Å². The number of nitrogens with zero attached hydrogens (tertiary/aromatic N) is 6. The molecule has 0 N–H and O–H groups in total. The molecular formula is C49H67F3N6O5Si. The number of benzene rings is 2. The smallest absolute Gasteiger partial charge is 0.429 e. The van der Waals surface area contributed by atoms with Crippen molar-refractivity contribution in [2.75, 3.05) is 65.4 Å². The number of pyridine rings is 1. The first-order valence-electron chi connectivity index (χ1n) is 22.7. The van der Waals surface area contributed by atoms with Gasteiger partial charge in [0.25, 0.3) is 0 Å². The summed E-state index contributed by atoms with van der Waals surface area (Å²) in [6.45, 7) is 22.0. The molecule has 15 heteroatoms. The molecule has 2 aromatic heterocycles. The van der Waals surface area contributed by atoms with Gasteiger partial charge in [-0.2, -0.15) is 9.97 Å². The van der Waals surface area contributed by atoms with Crippen LogP contribution in [0.5, 0.6) is 11.8 Å². The molecule has 2 aliphatic rings. The van der Waals surface area contributed by atoms with Gasteiger partial charge in [-0.1, -0.05) is 60.5 Å². The maximum absolute atomic E-state index is 17.9. The predicted molar refractivity (Wildman–Crippen MR) is 250 cm³/mol. The van der Waals surface area contributed by atoms with Gasteiger partial charge in [-0.25, -0.2) is 18.6 Å². The molecule has 2 atom stereocenters. The van der Waals surface area contributed by atoms with Crippen LogP contribution in [0.1, 0.15) is 100 Å². The number of fused-ring (bicyclic) bond motifs is 2. The molecule has 0 bridgehead atoms. The molecular weight excluding hydrogens is 838 g/mol. The van der Waals surface area contributed by atoms with Crippen LogP contribution in [0, 0.1) is 34.4 Å². The lowest BCUT2D eigenvalue weighted by Crippen LogP contribution is -2.50. The molecule has 11 nitrogen and oxygen atoms in total. The van der Waals surface area contributed by atoms with Crippen LogP contribution in [0.15, 0.2) is 30.5 Å². The predicted octanol–water partition coefficient (Wildman–Crippen LogP) is 11.1. The second kappa shape index (κ2) is 19.8. The van der Waals surface area contributed by atoms with E-state index in [-0.39, 0.29) is 75.5 Å². The van der Waals surface area contributed by atoms with Gasteiger partial charge in [0.2, 0.25) is 0 Å². The zero-order chi connectivity index (χ0) is 46.7. The van der Waals surface area contributed by atoms with Gasteiger partial charge in [0.15, 0.2) is 18.4 Å². The van der Waals surface area contributed by atoms with Crippen molar-refractivity contribution in [1.29, 1.82) is 0 Å². The Morgan fingerprint density at radius 1 is 0.984 bits per heavy atom. The number of hydrogen-bond donors (Lipinski definition) is 0. The van der Waals surface area contributed by atoms with Crippen LogP contribution in [-0.2, 0) is 9.47 Å². The number of rotatable bonds is 12. The zero-order valence-corrected chi connectivity index (χ0v) is 40.8. The van der Waals surface area contributed by atoms with Gasteiger partial charge in [-0.05, 0) is 106 Å². The minimum absolute atomic E-state index is 0.0605. The summed E-state index contributed by atoms with van der Waals surface area (Å²) < 4.78 is 72.2. The molecule has 2 aliphatic heterocycles. The molecule has 4 aromatic rings. The van der Waals surface area contributed by atoms with Crippen LogP contribution in [0.4, 0.5) is 23.8 Å². The van der Waals surface area contributed by atoms with Crippen molar-refractivity contribution in [1.82, 2.24) is 24.9 Å². The van der Waals surface area contributed by atoms with Crippen molar-refractivity contribution in [2.45, 2.75) is 117 Å². The third kappa shape index (κ3) is 10.1. The van der Waals surface area contributed by atoms with E-state index in [2.05, 4.69) is 57.9 Å². The number of methoxy groups -OCH3 is 1. The molecule has 2 saturated heterocycles. The molecule has 4 heterocycles. The highest BCUT2D eigenvalue weighted by molar-refractivity contribution is 6.90. The minimum Gasteiger partial charge on any atom is -0.468 e. The third-order valence-corrected chi connectivity index (χ3v) is 19.4. The van der Waals surface area contributed by atoms with Crippen molar-refractivity contribution in [3.05, 3.63) is 47.7 Å². The number of piperidine rings is 1. The Bertz CT molecular complexity index is 2360. The highest BCUT2D eigenvalue weighted by atomic mass is 28.3. The topological polar surface area (TPSA) is 102 Å². The fourth-order valence-electron chi connectivity index (χ4n) is 9.88. The summed E-state index contributed by atoms with van der Waals surface area (Å²) in [6, 6.07) is 6.24. The van der Waals surface area contributed by atoms with E-state index in [1.807, 2.05) is 14.0 Å². The maximum atomic E-state index is 17.9. The number of amides is 1. The highest BCUT2D eigenvalue weighted by Gasteiger charge is 2.42. The molecule has 1 amide bonds. The number of alkyl halides is 1. The van der Waals surface area contributed by atoms with Crippen molar-refractivity contribution in [3.63, 3.8) is 0 Å². The second-order valence-electron chi connectivity index (χ2n) is 19.8. The quantitative estimate of drug-likeness (QED) is 0.0776. The maximum Gasteiger partial charge on any atom is 0.429 e. The SMILES string of the molecule is COCOc1cc(-c2ncc3c(N4CCCCCN4C(=O)OC(C)(C)C)nc(OCC4(C)CN(C)CCC4CF)nc3c2F)c2c(C#C[Si](C(C)C)(C(C)C)C(C)C)c(F)ccc2c1. The van der Waals surface area contributed by atoms with Gasteiger partial charge in [0.1, 0.15) is 36.5 Å². The lowest BCUT2D eigenvalue weighted by molar-refractivity contribution is 0.000266. The van der Waals surface area contributed by atoms with Crippen molar-refractivity contribution in [2.24, 2.45) is 11.3 Å². The largest absolute Gasteiger partial charge is 0.468 e. The number of aromatic nitrogens is 3. The summed E-state index contributed by atoms with van der Waals surface area (Å²) in [5, 5.41) is 4.37. The lowest BCUT2D eigenvalue weighted by atomic mass is 9.73. The molecule has 0 aliphatic carbocycles. The summed E-state index contributed by atoms with van der Waals surface area (Å²) in [5.74, 6) is 2.25. The van der Waals surface area contributed by atoms with E-state index in [4.69, 9.17) is 33.9 Å². The molecule has 6 rings (SSSR count). The number of hydrogen-bond acceptors (Lipinski definition) is 10. The van der Waals surface area contributed by atoms with Crippen LogP contribution in [0.25, 0.3) is 32.9 Å². The number of hydrazine groups is 1. The van der Waals surface area contributed by atoms with Gasteiger partial charge >= 0.3 is 12.1 Å². The molecule has 0 radical (unpaired) electrons. The number of carbonyl (C=O) groups excluding carboxylic acids is 1. The molecule has 2 unspecified atom stereocenters. The average Bonchev–Trinajstić information content (AvgIpc) is 3.48. The standard InChI is InChI=1S/C49H67F3N6O5Si/c1-31(2)64(32(3)4,33(5)6)23-19-37-40(51)17-16-34-24-36(62-30-60-12)25-38(41(34)37)43-42(52)44-39(27-53-43)45(57-20-14-13-15-21-58(57)47(59)63-48(7,8)9)55-46(54-44)61-29-49(10)28-56(11)22-18-35(49)26-50/h16-17,24-25,27,31-33,35H,13-15,18,20-22,26,28-30H2,1-12H3. The lowest BCUT2D eigenvalue weighted by Gasteiger charge is -2.43. The molecule has 64 heavy (non-hydrogen) atoms. The van der Waals surface area contributed by atoms with Gasteiger partial charge in [0.05, 0.1) is 24.2 Å². The van der Waals surface area contributed by atoms with Crippen molar-refractivity contribution >= 4 is 41.7 Å². The molecule has 2 aromatic carbocycles. The van der Waals surface area contributed by atoms with Crippen LogP contribution in [-0.4, -0.2) is 105 Å². The fraction of sp³-hybridized carbons (Fsp3) is 0.592. The highest BCUT2D eigenvalue weighted by Crippen LogP contribution is 2.43. The summed E-state index contributed by atoms with van der Waals surface area (Å²) in [6.07, 6.45) is 3.81. The number of ether oxygens (including phenoxy) is 4. The summed E-state index contributed by atoms with van der Waals surface area (Å²) in [7, 11) is 1.15. The first kappa shape index (κ1) is 48.8. The Labute approximate surface area is 378 Å². The van der Waals surface area contributed by atoms with E-state index in [9.17, 15) is 9.18 Å². The number of likely N-dealkylation sites (tertiary alicyclic amines) is 1. The monoisotopic (exact) mass is 904 g/mol. The van der Waals surface area contributed by atoms with Crippen LogP contribution >= 0.6 is 0 Å². The van der Waals surface area contributed by atoms with E-state index in [0.29, 0.717) is 55.4 Å². The van der Waals surface area contributed by atoms with Gasteiger partial charge < -0.3 is 23.8 Å². The summed E-state index contributed by atoms with van der Waals surface area (Å²) >= 11 is 0. The molecule has 2 fully saturated rings. The minimum atomic E-state index is -2.34. The Balaban J connectivity index is 1.62. The van der Waals surface area contributed by atoms with Crippen LogP contribution in [0.3, 0.4) is 0 Å². The van der Waals surface area contributed by atoms with Crippen LogP contribution < -0.4 is 14.5 Å². The first-order chi connectivity index (χ1) is 30.2. The van der Waals surface area contributed by atoms with E-state index in [1.54, 1.807) is 44.0 Å². The molecule has 0 spiro atoms. The number of anilines is 1. The summed E-state index contributed by atoms with van der Waals surface area (Å²) in [5.41, 5.74) is 3.28. The zero-order valence-electron chi connectivity index (χ0n) is 39.8. The van der Waals surface area contributed by atoms with Crippen molar-refractivity contribution in [3.8, 4) is 34.5 Å². The first-order valence-corrected chi connectivity index (χ1v) is 24.9. The Morgan fingerprint density at radius 3 is 2.34 bits per heavy atom.